The number of rotatable bonds is 3. The Labute approximate surface area is 112 Å². The van der Waals surface area contributed by atoms with Gasteiger partial charge in [-0.3, -0.25) is 0 Å². The average Bonchev–Trinajstić information content (AvgIpc) is 3.12. The summed E-state index contributed by atoms with van der Waals surface area (Å²) in [4.78, 5) is 4.15. The molecule has 18 heavy (non-hydrogen) atoms. The predicted octanol–water partition coefficient (Wildman–Crippen LogP) is 2.08. The van der Waals surface area contributed by atoms with E-state index in [2.05, 4.69) is 20.5 Å². The summed E-state index contributed by atoms with van der Waals surface area (Å²) in [6, 6.07) is 5.76. The Balaban J connectivity index is 1.88. The van der Waals surface area contributed by atoms with Crippen LogP contribution in [0.15, 0.2) is 22.3 Å². The molecule has 0 N–H and O–H groups in total. The predicted molar refractivity (Wildman–Crippen MR) is 64.2 cm³/mol. The monoisotopic (exact) mass is 278 g/mol. The van der Waals surface area contributed by atoms with Crippen molar-refractivity contribution in [3.8, 4) is 6.07 Å². The maximum atomic E-state index is 8.87. The van der Waals surface area contributed by atoms with Crippen molar-refractivity contribution in [3.05, 3.63) is 22.8 Å². The lowest BCUT2D eigenvalue weighted by molar-refractivity contribution is 0.565. The molecule has 0 unspecified atom stereocenters. The molecule has 0 spiro atoms. The van der Waals surface area contributed by atoms with Crippen molar-refractivity contribution in [2.24, 2.45) is 0 Å². The van der Waals surface area contributed by atoms with Crippen LogP contribution in [0.2, 0.25) is 5.02 Å². The van der Waals surface area contributed by atoms with Crippen molar-refractivity contribution in [2.75, 3.05) is 0 Å². The molecular formula is C10H7ClN6S. The summed E-state index contributed by atoms with van der Waals surface area (Å²) in [6.45, 7) is 0. The molecule has 1 fully saturated rings. The van der Waals surface area contributed by atoms with Gasteiger partial charge in [-0.1, -0.05) is 11.6 Å². The molecule has 0 aliphatic heterocycles. The van der Waals surface area contributed by atoms with E-state index in [1.165, 1.54) is 11.8 Å². The third-order valence-corrected chi connectivity index (χ3v) is 3.67. The van der Waals surface area contributed by atoms with Crippen LogP contribution in [0.3, 0.4) is 0 Å². The quantitative estimate of drug-likeness (QED) is 0.855. The normalized spacial score (nSPS) is 14.4. The van der Waals surface area contributed by atoms with Crippen LogP contribution in [0.4, 0.5) is 0 Å². The van der Waals surface area contributed by atoms with Crippen molar-refractivity contribution in [1.29, 1.82) is 5.26 Å². The van der Waals surface area contributed by atoms with Crippen LogP contribution in [-0.2, 0) is 0 Å². The van der Waals surface area contributed by atoms with Gasteiger partial charge in [-0.05, 0) is 47.2 Å². The molecule has 0 bridgehead atoms. The highest BCUT2D eigenvalue weighted by Crippen LogP contribution is 2.37. The van der Waals surface area contributed by atoms with E-state index in [9.17, 15) is 0 Å². The van der Waals surface area contributed by atoms with Crippen molar-refractivity contribution in [1.82, 2.24) is 25.2 Å². The minimum absolute atomic E-state index is 0.215. The Kier molecular flexibility index (Phi) is 2.89. The zero-order chi connectivity index (χ0) is 12.5. The Hall–Kier alpha value is -1.65. The Morgan fingerprint density at radius 3 is 3.00 bits per heavy atom. The van der Waals surface area contributed by atoms with Gasteiger partial charge < -0.3 is 0 Å². The SMILES string of the molecule is N#Cc1nc(Sc2nnnn2C2CC2)ccc1Cl. The maximum Gasteiger partial charge on any atom is 0.215 e. The smallest absolute Gasteiger partial charge is 0.215 e. The highest BCUT2D eigenvalue weighted by Gasteiger charge is 2.28. The average molecular weight is 279 g/mol. The highest BCUT2D eigenvalue weighted by molar-refractivity contribution is 7.99. The number of halogens is 1. The van der Waals surface area contributed by atoms with Gasteiger partial charge in [0.1, 0.15) is 11.1 Å². The molecule has 1 aliphatic carbocycles. The first-order valence-electron chi connectivity index (χ1n) is 5.30. The molecule has 0 aromatic carbocycles. The molecule has 6 nitrogen and oxygen atoms in total. The van der Waals surface area contributed by atoms with E-state index in [1.54, 1.807) is 16.8 Å². The largest absolute Gasteiger partial charge is 0.229 e. The minimum atomic E-state index is 0.215. The van der Waals surface area contributed by atoms with Crippen molar-refractivity contribution >= 4 is 23.4 Å². The summed E-state index contributed by atoms with van der Waals surface area (Å²) in [5.41, 5.74) is 0.215. The second-order valence-corrected chi connectivity index (χ2v) is 5.23. The third kappa shape index (κ3) is 2.17. The first kappa shape index (κ1) is 11.4. The van der Waals surface area contributed by atoms with Gasteiger partial charge in [0.2, 0.25) is 5.16 Å². The molecule has 0 radical (unpaired) electrons. The fraction of sp³-hybridized carbons (Fsp3) is 0.300. The number of tetrazole rings is 1. The lowest BCUT2D eigenvalue weighted by Crippen LogP contribution is -1.99. The fourth-order valence-corrected chi connectivity index (χ4v) is 2.42. The van der Waals surface area contributed by atoms with Crippen LogP contribution < -0.4 is 0 Å². The summed E-state index contributed by atoms with van der Waals surface area (Å²) in [7, 11) is 0. The van der Waals surface area contributed by atoms with Crippen LogP contribution in [0.1, 0.15) is 24.6 Å². The number of nitriles is 1. The van der Waals surface area contributed by atoms with Gasteiger partial charge in [-0.25, -0.2) is 9.67 Å². The van der Waals surface area contributed by atoms with E-state index >= 15 is 0 Å². The number of hydrogen-bond acceptors (Lipinski definition) is 6. The van der Waals surface area contributed by atoms with E-state index < -0.39 is 0 Å². The molecule has 0 atom stereocenters. The lowest BCUT2D eigenvalue weighted by atomic mass is 10.4. The van der Waals surface area contributed by atoms with E-state index in [0.29, 0.717) is 21.2 Å². The Morgan fingerprint density at radius 1 is 1.44 bits per heavy atom. The van der Waals surface area contributed by atoms with Gasteiger partial charge >= 0.3 is 0 Å². The molecule has 0 saturated heterocycles. The van der Waals surface area contributed by atoms with Gasteiger partial charge in [0.15, 0.2) is 5.69 Å². The molecule has 1 saturated carbocycles. The summed E-state index contributed by atoms with van der Waals surface area (Å²) in [5, 5.41) is 22.1. The number of hydrogen-bond donors (Lipinski definition) is 0. The molecule has 90 valence electrons. The van der Waals surface area contributed by atoms with Gasteiger partial charge in [0.05, 0.1) is 11.1 Å². The van der Waals surface area contributed by atoms with Gasteiger partial charge in [0, 0.05) is 0 Å². The number of pyridine rings is 1. The van der Waals surface area contributed by atoms with E-state index in [-0.39, 0.29) is 5.69 Å². The molecule has 1 aliphatic rings. The highest BCUT2D eigenvalue weighted by atomic mass is 35.5. The fourth-order valence-electron chi connectivity index (χ4n) is 1.45. The van der Waals surface area contributed by atoms with Crippen molar-refractivity contribution in [3.63, 3.8) is 0 Å². The summed E-state index contributed by atoms with van der Waals surface area (Å²) in [6.07, 6.45) is 2.21. The molecule has 3 rings (SSSR count). The Morgan fingerprint density at radius 2 is 2.28 bits per heavy atom. The van der Waals surface area contributed by atoms with Crippen LogP contribution in [0.25, 0.3) is 0 Å². The zero-order valence-electron chi connectivity index (χ0n) is 9.12. The molecule has 2 aromatic rings. The minimum Gasteiger partial charge on any atom is -0.229 e. The maximum absolute atomic E-state index is 8.87. The summed E-state index contributed by atoms with van der Waals surface area (Å²) >= 11 is 7.16. The van der Waals surface area contributed by atoms with E-state index in [0.717, 1.165) is 12.8 Å². The standard InChI is InChI=1S/C10H7ClN6S/c11-7-3-4-9(13-8(7)5-12)18-10-14-15-16-17(10)6-1-2-6/h3-4,6H,1-2H2. The zero-order valence-corrected chi connectivity index (χ0v) is 10.7. The first-order valence-corrected chi connectivity index (χ1v) is 6.50. The third-order valence-electron chi connectivity index (χ3n) is 2.48. The van der Waals surface area contributed by atoms with Crippen LogP contribution in [0.5, 0.6) is 0 Å². The van der Waals surface area contributed by atoms with E-state index in [1.807, 2.05) is 6.07 Å². The number of aromatic nitrogens is 5. The first-order chi connectivity index (χ1) is 8.78. The van der Waals surface area contributed by atoms with Crippen LogP contribution >= 0.6 is 23.4 Å². The molecule has 0 amide bonds. The second-order valence-electron chi connectivity index (χ2n) is 3.83. The second kappa shape index (κ2) is 4.55. The van der Waals surface area contributed by atoms with Crippen LogP contribution in [0, 0.1) is 11.3 Å². The van der Waals surface area contributed by atoms with Crippen molar-refractivity contribution in [2.45, 2.75) is 29.1 Å². The van der Waals surface area contributed by atoms with Crippen molar-refractivity contribution < 1.29 is 0 Å². The molecular weight excluding hydrogens is 272 g/mol. The number of nitrogens with zero attached hydrogens (tertiary/aromatic N) is 6. The van der Waals surface area contributed by atoms with Crippen LogP contribution in [-0.4, -0.2) is 25.2 Å². The Bertz CT molecular complexity index is 630. The summed E-state index contributed by atoms with van der Waals surface area (Å²) in [5.74, 6) is 0. The molecule has 2 heterocycles. The molecule has 8 heteroatoms. The van der Waals surface area contributed by atoms with Gasteiger partial charge in [-0.15, -0.1) is 5.10 Å². The van der Waals surface area contributed by atoms with E-state index in [4.69, 9.17) is 16.9 Å². The van der Waals surface area contributed by atoms with Gasteiger partial charge in [-0.2, -0.15) is 5.26 Å². The topological polar surface area (TPSA) is 80.3 Å². The molecule has 2 aromatic heterocycles. The summed E-state index contributed by atoms with van der Waals surface area (Å²) < 4.78 is 1.80. The van der Waals surface area contributed by atoms with Gasteiger partial charge in [0.25, 0.3) is 0 Å². The lowest BCUT2D eigenvalue weighted by Gasteiger charge is -2.02.